The van der Waals surface area contributed by atoms with Crippen molar-refractivity contribution >= 4 is 46.5 Å². The Morgan fingerprint density at radius 1 is 1.14 bits per heavy atom. The lowest BCUT2D eigenvalue weighted by atomic mass is 10.1. The molecule has 2 unspecified atom stereocenters. The van der Waals surface area contributed by atoms with Gasteiger partial charge in [-0.2, -0.15) is 0 Å². The van der Waals surface area contributed by atoms with E-state index < -0.39 is 23.9 Å². The van der Waals surface area contributed by atoms with Crippen LogP contribution in [0.1, 0.15) is 35.2 Å². The first-order valence-electron chi connectivity index (χ1n) is 9.34. The Hall–Kier alpha value is -2.22. The van der Waals surface area contributed by atoms with Gasteiger partial charge < -0.3 is 16.0 Å². The normalized spacial score (nSPS) is 20.2. The van der Waals surface area contributed by atoms with Crippen LogP contribution in [0.2, 0.25) is 10.0 Å². The molecule has 2 atom stereocenters. The molecule has 2 saturated carbocycles. The molecule has 0 bridgehead atoms. The van der Waals surface area contributed by atoms with Gasteiger partial charge in [0.1, 0.15) is 12.0 Å². The summed E-state index contributed by atoms with van der Waals surface area (Å²) in [4.78, 5) is 28.5. The molecule has 1 heterocycles. The van der Waals surface area contributed by atoms with E-state index in [1.807, 2.05) is 0 Å². The smallest absolute Gasteiger partial charge is 0.258 e. The molecule has 29 heavy (non-hydrogen) atoms. The highest BCUT2D eigenvalue weighted by atomic mass is 35.5. The van der Waals surface area contributed by atoms with Crippen molar-refractivity contribution in [2.75, 3.05) is 10.6 Å². The van der Waals surface area contributed by atoms with Gasteiger partial charge in [-0.25, -0.2) is 9.37 Å². The second kappa shape index (κ2) is 8.26. The highest BCUT2D eigenvalue weighted by molar-refractivity contribution is 6.40. The Kier molecular flexibility index (Phi) is 5.72. The van der Waals surface area contributed by atoms with E-state index in [1.54, 1.807) is 18.2 Å². The van der Waals surface area contributed by atoms with Gasteiger partial charge in [-0.15, -0.1) is 0 Å². The van der Waals surface area contributed by atoms with Crippen molar-refractivity contribution in [1.82, 2.24) is 10.3 Å². The van der Waals surface area contributed by atoms with Crippen LogP contribution in [0.4, 0.5) is 15.9 Å². The minimum Gasteiger partial charge on any atom is -0.322 e. The summed E-state index contributed by atoms with van der Waals surface area (Å²) in [6, 6.07) is 7.05. The molecule has 0 radical (unpaired) electrons. The van der Waals surface area contributed by atoms with E-state index >= 15 is 0 Å². The molecule has 0 saturated heterocycles. The molecule has 2 aliphatic carbocycles. The fourth-order valence-corrected chi connectivity index (χ4v) is 3.62. The van der Waals surface area contributed by atoms with Crippen LogP contribution in [-0.4, -0.2) is 29.0 Å². The van der Waals surface area contributed by atoms with Crippen LogP contribution in [0.3, 0.4) is 0 Å². The van der Waals surface area contributed by atoms with Crippen LogP contribution >= 0.6 is 23.2 Å². The van der Waals surface area contributed by atoms with Gasteiger partial charge in [0.15, 0.2) is 0 Å². The Bertz CT molecular complexity index is 944. The van der Waals surface area contributed by atoms with Crippen molar-refractivity contribution in [1.29, 1.82) is 0 Å². The lowest BCUT2D eigenvalue weighted by molar-refractivity contribution is -0.117. The predicted octanol–water partition coefficient (Wildman–Crippen LogP) is 4.19. The van der Waals surface area contributed by atoms with Crippen molar-refractivity contribution < 1.29 is 14.0 Å². The largest absolute Gasteiger partial charge is 0.322 e. The summed E-state index contributed by atoms with van der Waals surface area (Å²) in [6.45, 7) is 0.639. The third kappa shape index (κ3) is 5.04. The van der Waals surface area contributed by atoms with Crippen molar-refractivity contribution in [2.24, 2.45) is 5.92 Å². The average molecular weight is 437 g/mol. The van der Waals surface area contributed by atoms with Gasteiger partial charge in [-0.05, 0) is 43.0 Å². The number of nitrogens with zero attached hydrogens (tertiary/aromatic N) is 1. The summed E-state index contributed by atoms with van der Waals surface area (Å²) in [5.41, 5.74) is 1.48. The van der Waals surface area contributed by atoms with Crippen molar-refractivity contribution in [3.05, 3.63) is 51.6 Å². The number of anilines is 2. The number of benzene rings is 1. The Morgan fingerprint density at radius 2 is 1.83 bits per heavy atom. The molecule has 2 fully saturated rings. The van der Waals surface area contributed by atoms with E-state index in [2.05, 4.69) is 20.9 Å². The summed E-state index contributed by atoms with van der Waals surface area (Å²) >= 11 is 12.6. The maximum Gasteiger partial charge on any atom is 0.258 e. The number of carbonyl (C=O) groups excluding carboxylic acids is 2. The van der Waals surface area contributed by atoms with Crippen LogP contribution in [0, 0.1) is 5.92 Å². The molecular weight excluding hydrogens is 418 g/mol. The Balaban J connectivity index is 1.43. The molecule has 3 N–H and O–H groups in total. The fraction of sp³-hybridized carbons (Fsp3) is 0.350. The first kappa shape index (κ1) is 20.1. The SMILES string of the molecule is O=C(Nc1ccnc(NC(=O)C2CC2F)c1)c1c(Cl)cc(CNC2CC2)cc1Cl. The molecule has 2 aliphatic rings. The second-order valence-electron chi connectivity index (χ2n) is 7.32. The summed E-state index contributed by atoms with van der Waals surface area (Å²) < 4.78 is 13.0. The minimum atomic E-state index is -1.09. The third-order valence-corrected chi connectivity index (χ3v) is 5.42. The Morgan fingerprint density at radius 3 is 2.45 bits per heavy atom. The number of halogens is 3. The fourth-order valence-electron chi connectivity index (χ4n) is 2.92. The number of carbonyl (C=O) groups is 2. The molecule has 1 aromatic carbocycles. The van der Waals surface area contributed by atoms with E-state index in [0.717, 1.165) is 5.56 Å². The summed E-state index contributed by atoms with van der Waals surface area (Å²) in [5.74, 6) is -1.29. The van der Waals surface area contributed by atoms with Crippen LogP contribution in [0.5, 0.6) is 0 Å². The van der Waals surface area contributed by atoms with Gasteiger partial charge in [0, 0.05) is 30.5 Å². The first-order chi connectivity index (χ1) is 13.9. The number of pyridine rings is 1. The highest BCUT2D eigenvalue weighted by Crippen LogP contribution is 2.34. The van der Waals surface area contributed by atoms with Crippen molar-refractivity contribution in [3.63, 3.8) is 0 Å². The topological polar surface area (TPSA) is 83.1 Å². The van der Waals surface area contributed by atoms with E-state index in [4.69, 9.17) is 23.2 Å². The second-order valence-corrected chi connectivity index (χ2v) is 8.14. The monoisotopic (exact) mass is 436 g/mol. The number of amides is 2. The number of hydrogen-bond acceptors (Lipinski definition) is 4. The van der Waals surface area contributed by atoms with E-state index in [1.165, 1.54) is 25.1 Å². The molecule has 9 heteroatoms. The molecule has 1 aromatic heterocycles. The van der Waals surface area contributed by atoms with E-state index in [-0.39, 0.29) is 27.8 Å². The first-order valence-corrected chi connectivity index (χ1v) is 10.1. The highest BCUT2D eigenvalue weighted by Gasteiger charge is 2.43. The zero-order valence-corrected chi connectivity index (χ0v) is 16.9. The molecule has 0 aliphatic heterocycles. The van der Waals surface area contributed by atoms with Crippen molar-refractivity contribution in [3.8, 4) is 0 Å². The number of alkyl halides is 1. The molecule has 152 valence electrons. The summed E-state index contributed by atoms with van der Waals surface area (Å²) in [7, 11) is 0. The molecule has 6 nitrogen and oxygen atoms in total. The number of rotatable bonds is 7. The summed E-state index contributed by atoms with van der Waals surface area (Å²) in [6.07, 6.45) is 2.91. The van der Waals surface area contributed by atoms with E-state index in [0.29, 0.717) is 18.3 Å². The minimum absolute atomic E-state index is 0.171. The predicted molar refractivity (Wildman–Crippen MR) is 110 cm³/mol. The van der Waals surface area contributed by atoms with Gasteiger partial charge in [-0.1, -0.05) is 23.2 Å². The van der Waals surface area contributed by atoms with Gasteiger partial charge >= 0.3 is 0 Å². The maximum absolute atomic E-state index is 13.0. The standard InChI is InChI=1S/C20H19Cl2FN4O2/c21-14-5-10(9-25-11-1-2-11)6-15(22)18(14)20(29)26-12-3-4-24-17(7-12)27-19(28)13-8-16(13)23/h3-7,11,13,16,25H,1-2,8-9H2,(H2,24,26,27,28,29). The third-order valence-electron chi connectivity index (χ3n) is 4.82. The molecule has 2 aromatic rings. The number of nitrogens with one attached hydrogen (secondary N) is 3. The average Bonchev–Trinajstić information content (AvgIpc) is 3.56. The number of aromatic nitrogens is 1. The quantitative estimate of drug-likeness (QED) is 0.607. The maximum atomic E-state index is 13.0. The van der Waals surface area contributed by atoms with Crippen LogP contribution in [0.25, 0.3) is 0 Å². The number of hydrogen-bond donors (Lipinski definition) is 3. The van der Waals surface area contributed by atoms with Crippen LogP contribution in [-0.2, 0) is 11.3 Å². The molecule has 0 spiro atoms. The zero-order chi connectivity index (χ0) is 20.5. The Labute approximate surface area is 177 Å². The van der Waals surface area contributed by atoms with Gasteiger partial charge in [0.05, 0.1) is 21.5 Å². The molecule has 2 amide bonds. The van der Waals surface area contributed by atoms with Gasteiger partial charge in [0.25, 0.3) is 5.91 Å². The van der Waals surface area contributed by atoms with Crippen molar-refractivity contribution in [2.45, 2.75) is 38.0 Å². The lowest BCUT2D eigenvalue weighted by Crippen LogP contribution is -2.18. The molecule has 4 rings (SSSR count). The van der Waals surface area contributed by atoms with Crippen LogP contribution in [0.15, 0.2) is 30.5 Å². The van der Waals surface area contributed by atoms with Gasteiger partial charge in [0.2, 0.25) is 5.91 Å². The summed E-state index contributed by atoms with van der Waals surface area (Å²) in [5, 5.41) is 9.13. The van der Waals surface area contributed by atoms with Crippen LogP contribution < -0.4 is 16.0 Å². The van der Waals surface area contributed by atoms with E-state index in [9.17, 15) is 14.0 Å². The van der Waals surface area contributed by atoms with Gasteiger partial charge in [-0.3, -0.25) is 9.59 Å². The molecular formula is C20H19Cl2FN4O2. The zero-order valence-electron chi connectivity index (χ0n) is 15.3. The lowest BCUT2D eigenvalue weighted by Gasteiger charge is -2.12.